The second-order valence-electron chi connectivity index (χ2n) is 4.94. The van der Waals surface area contributed by atoms with Crippen LogP contribution in [0.4, 0.5) is 32.0 Å². The highest BCUT2D eigenvalue weighted by atomic mass is 19.4. The number of nitrogens with two attached hydrogens (primary N) is 1. The number of nitrogens with zero attached hydrogens (tertiary/aromatic N) is 2. The highest BCUT2D eigenvalue weighted by Gasteiger charge is 2.39. The lowest BCUT2D eigenvalue weighted by molar-refractivity contribution is -0.142. The number of rotatable bonds is 3. The fraction of sp³-hybridized carbons (Fsp3) is 0.308. The van der Waals surface area contributed by atoms with Gasteiger partial charge in [-0.25, -0.2) is 0 Å². The van der Waals surface area contributed by atoms with Crippen molar-refractivity contribution in [3.8, 4) is 0 Å². The minimum atomic E-state index is -5.07. The molecule has 0 fully saturated rings. The van der Waals surface area contributed by atoms with Crippen LogP contribution < -0.4 is 11.1 Å². The SMILES string of the molecule is C[C@H](Nc1cnnc2c(C(F)(F)F)cc(C(F)(F)F)cc12)C(N)=O. The number of hydrogen-bond donors (Lipinski definition) is 2. The van der Waals surface area contributed by atoms with E-state index in [2.05, 4.69) is 15.5 Å². The van der Waals surface area contributed by atoms with Gasteiger partial charge in [-0.1, -0.05) is 0 Å². The van der Waals surface area contributed by atoms with Gasteiger partial charge >= 0.3 is 12.4 Å². The number of amides is 1. The average molecular weight is 352 g/mol. The molecule has 130 valence electrons. The topological polar surface area (TPSA) is 80.9 Å². The van der Waals surface area contributed by atoms with Crippen LogP contribution in [-0.2, 0) is 17.1 Å². The number of aromatic nitrogens is 2. The van der Waals surface area contributed by atoms with Crippen LogP contribution >= 0.6 is 0 Å². The van der Waals surface area contributed by atoms with Crippen molar-refractivity contribution in [2.75, 3.05) is 5.32 Å². The number of fused-ring (bicyclic) bond motifs is 1. The molecule has 3 N–H and O–H groups in total. The van der Waals surface area contributed by atoms with Gasteiger partial charge in [-0.15, -0.1) is 5.10 Å². The summed E-state index contributed by atoms with van der Waals surface area (Å²) in [7, 11) is 0. The zero-order valence-electron chi connectivity index (χ0n) is 12.0. The summed E-state index contributed by atoms with van der Waals surface area (Å²) < 4.78 is 78.0. The second-order valence-corrected chi connectivity index (χ2v) is 4.94. The van der Waals surface area contributed by atoms with Gasteiger partial charge in [-0.2, -0.15) is 31.4 Å². The molecule has 0 saturated heterocycles. The van der Waals surface area contributed by atoms with Gasteiger partial charge in [0.15, 0.2) is 0 Å². The van der Waals surface area contributed by atoms with E-state index in [4.69, 9.17) is 5.73 Å². The summed E-state index contributed by atoms with van der Waals surface area (Å²) in [6.07, 6.45) is -9.14. The van der Waals surface area contributed by atoms with Crippen molar-refractivity contribution in [1.82, 2.24) is 10.2 Å². The third kappa shape index (κ3) is 3.49. The molecule has 1 aromatic carbocycles. The van der Waals surface area contributed by atoms with E-state index in [1.165, 1.54) is 6.92 Å². The quantitative estimate of drug-likeness (QED) is 0.833. The largest absolute Gasteiger partial charge is 0.418 e. The van der Waals surface area contributed by atoms with Gasteiger partial charge in [0.05, 0.1) is 23.0 Å². The molecule has 24 heavy (non-hydrogen) atoms. The third-order valence-corrected chi connectivity index (χ3v) is 3.18. The van der Waals surface area contributed by atoms with Crippen molar-refractivity contribution in [3.63, 3.8) is 0 Å². The lowest BCUT2D eigenvalue weighted by Crippen LogP contribution is -2.32. The van der Waals surface area contributed by atoms with E-state index in [9.17, 15) is 31.1 Å². The number of nitrogens with one attached hydrogen (secondary N) is 1. The van der Waals surface area contributed by atoms with E-state index in [1.54, 1.807) is 0 Å². The Morgan fingerprint density at radius 2 is 1.79 bits per heavy atom. The molecule has 11 heteroatoms. The van der Waals surface area contributed by atoms with Gasteiger partial charge in [0.25, 0.3) is 0 Å². The van der Waals surface area contributed by atoms with Crippen LogP contribution in [0.25, 0.3) is 10.9 Å². The van der Waals surface area contributed by atoms with Crippen LogP contribution in [0.2, 0.25) is 0 Å². The first-order valence-electron chi connectivity index (χ1n) is 6.41. The first kappa shape index (κ1) is 17.8. The van der Waals surface area contributed by atoms with Crippen LogP contribution in [0, 0.1) is 0 Å². The van der Waals surface area contributed by atoms with Gasteiger partial charge in [-0.3, -0.25) is 4.79 Å². The number of carbonyl (C=O) groups excluding carboxylic acids is 1. The number of alkyl halides is 6. The molecule has 2 aromatic rings. The molecule has 0 bridgehead atoms. The van der Waals surface area contributed by atoms with Crippen LogP contribution in [0.5, 0.6) is 0 Å². The maximum atomic E-state index is 13.1. The van der Waals surface area contributed by atoms with Crippen LogP contribution in [-0.4, -0.2) is 22.1 Å². The molecule has 0 aliphatic carbocycles. The van der Waals surface area contributed by atoms with E-state index < -0.39 is 46.3 Å². The van der Waals surface area contributed by atoms with Gasteiger partial charge in [-0.05, 0) is 19.1 Å². The standard InChI is InChI=1S/C13H10F6N4O/c1-5(11(20)24)22-9-4-21-23-10-7(9)2-6(12(14,15)16)3-8(10)13(17,18)19/h2-5H,1H3,(H2,20,24)(H,22,23)/t5-/m0/s1. The summed E-state index contributed by atoms with van der Waals surface area (Å²) in [6, 6.07) is -0.561. The number of carbonyl (C=O) groups is 1. The Morgan fingerprint density at radius 1 is 1.17 bits per heavy atom. The summed E-state index contributed by atoms with van der Waals surface area (Å²) in [4.78, 5) is 11.1. The number of hydrogen-bond acceptors (Lipinski definition) is 4. The van der Waals surface area contributed by atoms with E-state index >= 15 is 0 Å². The summed E-state index contributed by atoms with van der Waals surface area (Å²) in [5, 5.41) is 8.59. The number of primary amides is 1. The maximum absolute atomic E-state index is 13.1. The Bertz CT molecular complexity index is 786. The highest BCUT2D eigenvalue weighted by molar-refractivity contribution is 5.95. The van der Waals surface area contributed by atoms with Crippen molar-refractivity contribution >= 4 is 22.5 Å². The molecule has 0 saturated carbocycles. The second kappa shape index (κ2) is 5.80. The average Bonchev–Trinajstić information content (AvgIpc) is 2.44. The van der Waals surface area contributed by atoms with E-state index in [-0.39, 0.29) is 11.8 Å². The fourth-order valence-electron chi connectivity index (χ4n) is 1.96. The third-order valence-electron chi connectivity index (χ3n) is 3.18. The number of halogens is 6. The zero-order chi connectivity index (χ0) is 18.3. The van der Waals surface area contributed by atoms with Gasteiger partial charge in [0.2, 0.25) is 5.91 Å². The van der Waals surface area contributed by atoms with Crippen molar-refractivity contribution in [1.29, 1.82) is 0 Å². The van der Waals surface area contributed by atoms with Crippen molar-refractivity contribution in [2.45, 2.75) is 25.3 Å². The van der Waals surface area contributed by atoms with Crippen molar-refractivity contribution in [3.05, 3.63) is 29.5 Å². The molecule has 1 heterocycles. The molecule has 0 unspecified atom stereocenters. The van der Waals surface area contributed by atoms with E-state index in [0.29, 0.717) is 6.07 Å². The van der Waals surface area contributed by atoms with E-state index in [0.717, 1.165) is 6.20 Å². The Morgan fingerprint density at radius 3 is 2.29 bits per heavy atom. The zero-order valence-corrected chi connectivity index (χ0v) is 12.0. The lowest BCUT2D eigenvalue weighted by Gasteiger charge is -2.17. The Hall–Kier alpha value is -2.59. The molecule has 0 spiro atoms. The maximum Gasteiger partial charge on any atom is 0.418 e. The molecule has 5 nitrogen and oxygen atoms in total. The summed E-state index contributed by atoms with van der Waals surface area (Å²) in [5.41, 5.74) is 0.974. The normalized spacial score (nSPS) is 13.8. The predicted octanol–water partition coefficient (Wildman–Crippen LogP) is 2.95. The molecule has 0 aliphatic rings. The van der Waals surface area contributed by atoms with Gasteiger partial charge < -0.3 is 11.1 Å². The first-order chi connectivity index (χ1) is 10.9. The summed E-state index contributed by atoms with van der Waals surface area (Å²) in [5.74, 6) is -0.844. The minimum Gasteiger partial charge on any atom is -0.372 e. The molecule has 1 aromatic heterocycles. The Kier molecular flexibility index (Phi) is 4.29. The van der Waals surface area contributed by atoms with Crippen LogP contribution in [0.15, 0.2) is 18.3 Å². The molecule has 1 amide bonds. The molecule has 1 atom stereocenters. The van der Waals surface area contributed by atoms with Gasteiger partial charge in [0, 0.05) is 5.39 Å². The van der Waals surface area contributed by atoms with E-state index in [1.807, 2.05) is 0 Å². The summed E-state index contributed by atoms with van der Waals surface area (Å²) in [6.45, 7) is 1.30. The number of anilines is 1. The molecular weight excluding hydrogens is 342 g/mol. The number of benzene rings is 1. The summed E-state index contributed by atoms with van der Waals surface area (Å²) >= 11 is 0. The predicted molar refractivity (Wildman–Crippen MR) is 71.8 cm³/mol. The monoisotopic (exact) mass is 352 g/mol. The first-order valence-corrected chi connectivity index (χ1v) is 6.41. The Labute approximate surface area is 130 Å². The molecule has 2 rings (SSSR count). The van der Waals surface area contributed by atoms with Crippen LogP contribution in [0.1, 0.15) is 18.1 Å². The fourth-order valence-corrected chi connectivity index (χ4v) is 1.96. The molecule has 0 aliphatic heterocycles. The Balaban J connectivity index is 2.77. The lowest BCUT2D eigenvalue weighted by atomic mass is 10.0. The molecule has 0 radical (unpaired) electrons. The van der Waals surface area contributed by atoms with Crippen molar-refractivity contribution in [2.24, 2.45) is 5.73 Å². The van der Waals surface area contributed by atoms with Crippen LogP contribution in [0.3, 0.4) is 0 Å². The smallest absolute Gasteiger partial charge is 0.372 e. The van der Waals surface area contributed by atoms with Crippen molar-refractivity contribution < 1.29 is 31.1 Å². The van der Waals surface area contributed by atoms with Gasteiger partial charge in [0.1, 0.15) is 11.6 Å². The minimum absolute atomic E-state index is 0.0295. The highest BCUT2D eigenvalue weighted by Crippen LogP contribution is 2.40. The molecular formula is C13H10F6N4O.